The highest BCUT2D eigenvalue weighted by Gasteiger charge is 2.13. The molecule has 0 bridgehead atoms. The molecule has 0 unspecified atom stereocenters. The van der Waals surface area contributed by atoms with E-state index in [1.165, 1.54) is 4.70 Å². The number of hydrogen-bond donors (Lipinski definition) is 0. The Balaban J connectivity index is 1.55. The predicted octanol–water partition coefficient (Wildman–Crippen LogP) is 8.20. The van der Waals surface area contributed by atoms with Crippen molar-refractivity contribution in [2.45, 2.75) is 0 Å². The molecular weight excluding hydrogens is 440 g/mol. The second-order valence-electron chi connectivity index (χ2n) is 6.68. The number of para-hydroxylation sites is 2. The lowest BCUT2D eigenvalue weighted by Gasteiger charge is -2.25. The molecule has 0 radical (unpaired) electrons. The van der Waals surface area contributed by atoms with Gasteiger partial charge in [-0.1, -0.05) is 46.3 Å². The minimum absolute atomic E-state index is 1.05. The van der Waals surface area contributed by atoms with Crippen molar-refractivity contribution >= 4 is 54.5 Å². The minimum Gasteiger partial charge on any atom is -0.311 e. The zero-order valence-electron chi connectivity index (χ0n) is 15.5. The predicted molar refractivity (Wildman–Crippen MR) is 127 cm³/mol. The van der Waals surface area contributed by atoms with Crippen LogP contribution in [0.4, 0.5) is 17.1 Å². The van der Waals surface area contributed by atoms with Gasteiger partial charge in [0.05, 0.1) is 10.2 Å². The van der Waals surface area contributed by atoms with E-state index in [0.29, 0.717) is 0 Å². The van der Waals surface area contributed by atoms with Gasteiger partial charge in [0.15, 0.2) is 0 Å². The third-order valence-corrected chi connectivity index (χ3v) is 6.38. The summed E-state index contributed by atoms with van der Waals surface area (Å²) in [4.78, 5) is 7.04. The number of fused-ring (bicyclic) bond motifs is 1. The van der Waals surface area contributed by atoms with E-state index in [9.17, 15) is 0 Å². The van der Waals surface area contributed by atoms with Crippen LogP contribution in [0.25, 0.3) is 20.8 Å². The summed E-state index contributed by atoms with van der Waals surface area (Å²) in [6.45, 7) is 0. The van der Waals surface area contributed by atoms with Crippen molar-refractivity contribution in [2.75, 3.05) is 4.90 Å². The van der Waals surface area contributed by atoms with Crippen LogP contribution in [0.3, 0.4) is 0 Å². The van der Waals surface area contributed by atoms with Crippen molar-refractivity contribution in [1.29, 1.82) is 0 Å². The van der Waals surface area contributed by atoms with Crippen molar-refractivity contribution in [3.05, 3.63) is 108 Å². The molecule has 1 heterocycles. The number of thiazole rings is 1. The number of benzene rings is 4. The fourth-order valence-corrected chi connectivity index (χ4v) is 4.60. The number of hydrogen-bond acceptors (Lipinski definition) is 3. The highest BCUT2D eigenvalue weighted by molar-refractivity contribution is 9.10. The molecule has 0 amide bonds. The molecule has 29 heavy (non-hydrogen) atoms. The Hall–Kier alpha value is -2.95. The number of nitrogens with zero attached hydrogens (tertiary/aromatic N) is 2. The van der Waals surface area contributed by atoms with Gasteiger partial charge in [-0.3, -0.25) is 0 Å². The van der Waals surface area contributed by atoms with Crippen molar-refractivity contribution in [3.8, 4) is 10.6 Å². The first kappa shape index (κ1) is 18.1. The number of aromatic nitrogens is 1. The molecule has 140 valence electrons. The molecule has 0 N–H and O–H groups in total. The van der Waals surface area contributed by atoms with E-state index in [2.05, 4.69) is 112 Å². The van der Waals surface area contributed by atoms with Crippen molar-refractivity contribution < 1.29 is 0 Å². The van der Waals surface area contributed by atoms with Gasteiger partial charge in [-0.15, -0.1) is 11.3 Å². The van der Waals surface area contributed by atoms with Crippen LogP contribution in [0, 0.1) is 0 Å². The second kappa shape index (κ2) is 7.82. The van der Waals surface area contributed by atoms with Crippen LogP contribution in [0.15, 0.2) is 108 Å². The SMILES string of the molecule is Brc1ccc(N(c2ccccc2)c2ccc(-c3nc4ccccc4s3)cc2)cc1. The summed E-state index contributed by atoms with van der Waals surface area (Å²) in [6, 6.07) is 35.7. The Morgan fingerprint density at radius 1 is 0.621 bits per heavy atom. The summed E-state index contributed by atoms with van der Waals surface area (Å²) in [5, 5.41) is 1.05. The molecule has 4 aromatic carbocycles. The molecule has 0 saturated carbocycles. The second-order valence-corrected chi connectivity index (χ2v) is 8.63. The summed E-state index contributed by atoms with van der Waals surface area (Å²) >= 11 is 5.26. The molecule has 0 fully saturated rings. The Kier molecular flexibility index (Phi) is 4.88. The van der Waals surface area contributed by atoms with Gasteiger partial charge in [-0.05, 0) is 72.8 Å². The van der Waals surface area contributed by atoms with Gasteiger partial charge in [-0.2, -0.15) is 0 Å². The molecule has 0 aliphatic heterocycles. The largest absolute Gasteiger partial charge is 0.311 e. The van der Waals surface area contributed by atoms with E-state index < -0.39 is 0 Å². The van der Waals surface area contributed by atoms with Crippen LogP contribution in [0.1, 0.15) is 0 Å². The molecule has 2 nitrogen and oxygen atoms in total. The molecule has 0 spiro atoms. The van der Waals surface area contributed by atoms with Crippen LogP contribution >= 0.6 is 27.3 Å². The minimum atomic E-state index is 1.05. The number of rotatable bonds is 4. The van der Waals surface area contributed by atoms with Gasteiger partial charge in [-0.25, -0.2) is 4.98 Å². The first-order valence-corrected chi connectivity index (χ1v) is 11.0. The fraction of sp³-hybridized carbons (Fsp3) is 0. The fourth-order valence-electron chi connectivity index (χ4n) is 3.36. The lowest BCUT2D eigenvalue weighted by Crippen LogP contribution is -2.09. The maximum absolute atomic E-state index is 4.78. The van der Waals surface area contributed by atoms with Crippen molar-refractivity contribution in [3.63, 3.8) is 0 Å². The van der Waals surface area contributed by atoms with E-state index in [0.717, 1.165) is 37.6 Å². The quantitative estimate of drug-likeness (QED) is 0.270. The third kappa shape index (κ3) is 3.69. The van der Waals surface area contributed by atoms with Crippen molar-refractivity contribution in [1.82, 2.24) is 4.98 Å². The van der Waals surface area contributed by atoms with E-state index in [-0.39, 0.29) is 0 Å². The molecule has 0 saturated heterocycles. The lowest BCUT2D eigenvalue weighted by molar-refractivity contribution is 1.28. The van der Waals surface area contributed by atoms with Gasteiger partial charge in [0.1, 0.15) is 5.01 Å². The standard InChI is InChI=1S/C25H17BrN2S/c26-19-12-16-22(17-13-19)28(20-6-2-1-3-7-20)21-14-10-18(11-15-21)25-27-23-8-4-5-9-24(23)29-25/h1-17H. The number of halogens is 1. The lowest BCUT2D eigenvalue weighted by atomic mass is 10.1. The zero-order chi connectivity index (χ0) is 19.6. The molecular formula is C25H17BrN2S. The summed E-state index contributed by atoms with van der Waals surface area (Å²) in [7, 11) is 0. The average Bonchev–Trinajstić information content (AvgIpc) is 3.21. The van der Waals surface area contributed by atoms with Crippen LogP contribution in [0.5, 0.6) is 0 Å². The van der Waals surface area contributed by atoms with Gasteiger partial charge < -0.3 is 4.90 Å². The van der Waals surface area contributed by atoms with Crippen LogP contribution in [0.2, 0.25) is 0 Å². The monoisotopic (exact) mass is 456 g/mol. The molecule has 5 rings (SSSR count). The topological polar surface area (TPSA) is 16.1 Å². The highest BCUT2D eigenvalue weighted by atomic mass is 79.9. The molecule has 1 aromatic heterocycles. The Labute approximate surface area is 182 Å². The highest BCUT2D eigenvalue weighted by Crippen LogP contribution is 2.37. The first-order valence-electron chi connectivity index (χ1n) is 9.35. The normalized spacial score (nSPS) is 10.9. The third-order valence-electron chi connectivity index (χ3n) is 4.77. The van der Waals surface area contributed by atoms with Gasteiger partial charge in [0.25, 0.3) is 0 Å². The van der Waals surface area contributed by atoms with Gasteiger partial charge >= 0.3 is 0 Å². The zero-order valence-corrected chi connectivity index (χ0v) is 17.9. The van der Waals surface area contributed by atoms with E-state index >= 15 is 0 Å². The smallest absolute Gasteiger partial charge is 0.124 e. The summed E-state index contributed by atoms with van der Waals surface area (Å²) < 4.78 is 2.28. The van der Waals surface area contributed by atoms with Crippen molar-refractivity contribution in [2.24, 2.45) is 0 Å². The maximum Gasteiger partial charge on any atom is 0.124 e. The molecule has 0 aliphatic rings. The first-order chi connectivity index (χ1) is 14.3. The van der Waals surface area contributed by atoms with Gasteiger partial charge in [0.2, 0.25) is 0 Å². The molecule has 5 aromatic rings. The van der Waals surface area contributed by atoms with E-state index in [1.807, 2.05) is 12.1 Å². The van der Waals surface area contributed by atoms with E-state index in [1.54, 1.807) is 11.3 Å². The van der Waals surface area contributed by atoms with Crippen LogP contribution in [-0.2, 0) is 0 Å². The summed E-state index contributed by atoms with van der Waals surface area (Å²) in [5.74, 6) is 0. The molecule has 0 aliphatic carbocycles. The van der Waals surface area contributed by atoms with Crippen LogP contribution < -0.4 is 4.90 Å². The molecule has 0 atom stereocenters. The van der Waals surface area contributed by atoms with Crippen LogP contribution in [-0.4, -0.2) is 4.98 Å². The average molecular weight is 457 g/mol. The van der Waals surface area contributed by atoms with E-state index in [4.69, 9.17) is 4.98 Å². The Bertz CT molecular complexity index is 1210. The Morgan fingerprint density at radius 2 is 1.21 bits per heavy atom. The number of anilines is 3. The maximum atomic E-state index is 4.78. The summed E-state index contributed by atoms with van der Waals surface area (Å²) in [6.07, 6.45) is 0. The Morgan fingerprint density at radius 3 is 1.90 bits per heavy atom. The van der Waals surface area contributed by atoms with Gasteiger partial charge in [0, 0.05) is 27.1 Å². The molecule has 4 heteroatoms. The summed E-state index contributed by atoms with van der Waals surface area (Å²) in [5.41, 5.74) is 5.55.